The van der Waals surface area contributed by atoms with Gasteiger partial charge in [-0.3, -0.25) is 14.5 Å². The van der Waals surface area contributed by atoms with E-state index in [1.165, 1.54) is 0 Å². The zero-order valence-corrected chi connectivity index (χ0v) is 19.0. The van der Waals surface area contributed by atoms with Crippen LogP contribution in [0.15, 0.2) is 54.6 Å². The normalized spacial score (nSPS) is 12.5. The Bertz CT molecular complexity index is 847. The van der Waals surface area contributed by atoms with Crippen LogP contribution in [0.25, 0.3) is 0 Å². The molecule has 3 N–H and O–H groups in total. The molecule has 0 fully saturated rings. The van der Waals surface area contributed by atoms with Crippen molar-refractivity contribution < 1.29 is 14.7 Å². The molecule has 6 heteroatoms. The fraction of sp³-hybridized carbons (Fsp3) is 0.440. The van der Waals surface area contributed by atoms with Crippen molar-refractivity contribution in [3.8, 4) is 0 Å². The lowest BCUT2D eigenvalue weighted by molar-refractivity contribution is -0.117. The van der Waals surface area contributed by atoms with E-state index in [0.717, 1.165) is 12.1 Å². The van der Waals surface area contributed by atoms with E-state index >= 15 is 0 Å². The van der Waals surface area contributed by atoms with E-state index in [2.05, 4.69) is 31.4 Å². The van der Waals surface area contributed by atoms with Gasteiger partial charge in [0.25, 0.3) is 5.91 Å². The molecule has 2 aromatic rings. The predicted octanol–water partition coefficient (Wildman–Crippen LogP) is 3.85. The number of nitrogens with zero attached hydrogens (tertiary/aromatic N) is 1. The summed E-state index contributed by atoms with van der Waals surface area (Å²) in [4.78, 5) is 27.7. The molecule has 2 rings (SSSR count). The number of nitrogens with one attached hydrogen (secondary N) is 2. The van der Waals surface area contributed by atoms with Crippen molar-refractivity contribution in [3.05, 3.63) is 65.7 Å². The Hall–Kier alpha value is -2.70. The van der Waals surface area contributed by atoms with Crippen molar-refractivity contribution in [1.29, 1.82) is 0 Å². The topological polar surface area (TPSA) is 81.7 Å². The summed E-state index contributed by atoms with van der Waals surface area (Å²) in [6, 6.07) is 16.6. The summed E-state index contributed by atoms with van der Waals surface area (Å²) in [7, 11) is 0. The number of rotatable bonds is 10. The van der Waals surface area contributed by atoms with Gasteiger partial charge >= 0.3 is 0 Å². The van der Waals surface area contributed by atoms with Gasteiger partial charge in [0.15, 0.2) is 0 Å². The highest BCUT2D eigenvalue weighted by Gasteiger charge is 2.20. The van der Waals surface area contributed by atoms with Gasteiger partial charge in [0, 0.05) is 19.7 Å². The lowest BCUT2D eigenvalue weighted by atomic mass is 9.96. The van der Waals surface area contributed by atoms with Gasteiger partial charge < -0.3 is 15.7 Å². The zero-order chi connectivity index (χ0) is 22.9. The third kappa shape index (κ3) is 8.52. The number of hydrogen-bond acceptors (Lipinski definition) is 4. The second-order valence-electron chi connectivity index (χ2n) is 9.05. The molecule has 168 valence electrons. The summed E-state index contributed by atoms with van der Waals surface area (Å²) in [6.07, 6.45) is 0.611. The molecule has 6 nitrogen and oxygen atoms in total. The maximum absolute atomic E-state index is 12.9. The Balaban J connectivity index is 2.06. The smallest absolute Gasteiger partial charge is 0.253 e. The van der Waals surface area contributed by atoms with Gasteiger partial charge in [-0.15, -0.1) is 0 Å². The molecule has 31 heavy (non-hydrogen) atoms. The van der Waals surface area contributed by atoms with Crippen molar-refractivity contribution in [2.24, 2.45) is 5.41 Å². The highest BCUT2D eigenvalue weighted by atomic mass is 16.3. The van der Waals surface area contributed by atoms with E-state index in [-0.39, 0.29) is 36.4 Å². The SMILES string of the molecule is CC(NC(=O)c1ccccc1NC(=O)CN(CCCO)CC(C)(C)C)c1ccccc1. The van der Waals surface area contributed by atoms with Crippen LogP contribution in [-0.2, 0) is 4.79 Å². The molecule has 0 aromatic heterocycles. The molecule has 0 bridgehead atoms. The van der Waals surface area contributed by atoms with Crippen LogP contribution in [-0.4, -0.2) is 48.1 Å². The van der Waals surface area contributed by atoms with Crippen LogP contribution < -0.4 is 10.6 Å². The summed E-state index contributed by atoms with van der Waals surface area (Å²) in [5.74, 6) is -0.419. The first-order chi connectivity index (χ1) is 14.7. The molecule has 0 spiro atoms. The molecule has 0 saturated heterocycles. The molecular formula is C25H35N3O3. The molecule has 0 radical (unpaired) electrons. The Labute approximate surface area is 185 Å². The van der Waals surface area contributed by atoms with Crippen molar-refractivity contribution in [3.63, 3.8) is 0 Å². The van der Waals surface area contributed by atoms with E-state index in [9.17, 15) is 9.59 Å². The van der Waals surface area contributed by atoms with Crippen LogP contribution in [0.5, 0.6) is 0 Å². The standard InChI is InChI=1S/C25H35N3O3/c1-19(20-11-6-5-7-12-20)26-24(31)21-13-8-9-14-22(21)27-23(30)17-28(15-10-16-29)18-25(2,3)4/h5-9,11-14,19,29H,10,15-18H2,1-4H3,(H,26,31)(H,27,30). The number of aliphatic hydroxyl groups excluding tert-OH is 1. The molecule has 2 amide bonds. The first-order valence-electron chi connectivity index (χ1n) is 10.8. The van der Waals surface area contributed by atoms with Gasteiger partial charge in [0.05, 0.1) is 23.8 Å². The van der Waals surface area contributed by atoms with Crippen LogP contribution in [0.1, 0.15) is 56.1 Å². The van der Waals surface area contributed by atoms with Crippen LogP contribution in [0.4, 0.5) is 5.69 Å². The number of carbonyl (C=O) groups is 2. The number of amides is 2. The minimum Gasteiger partial charge on any atom is -0.396 e. The first kappa shape index (κ1) is 24.6. The minimum atomic E-state index is -0.237. The molecule has 0 heterocycles. The molecular weight excluding hydrogens is 390 g/mol. The van der Waals surface area contributed by atoms with Crippen LogP contribution in [0, 0.1) is 5.41 Å². The summed E-state index contributed by atoms with van der Waals surface area (Å²) in [5.41, 5.74) is 1.96. The van der Waals surface area contributed by atoms with Gasteiger partial charge in [-0.25, -0.2) is 0 Å². The molecule has 1 atom stereocenters. The largest absolute Gasteiger partial charge is 0.396 e. The lowest BCUT2D eigenvalue weighted by Gasteiger charge is -2.29. The molecule has 0 aliphatic carbocycles. The fourth-order valence-corrected chi connectivity index (χ4v) is 3.46. The van der Waals surface area contributed by atoms with Crippen molar-refractivity contribution >= 4 is 17.5 Å². The van der Waals surface area contributed by atoms with E-state index in [4.69, 9.17) is 5.11 Å². The quantitative estimate of drug-likeness (QED) is 0.540. The molecule has 0 saturated carbocycles. The number of anilines is 1. The van der Waals surface area contributed by atoms with Crippen molar-refractivity contribution in [2.45, 2.75) is 40.2 Å². The second-order valence-corrected chi connectivity index (χ2v) is 9.05. The van der Waals surface area contributed by atoms with Crippen molar-refractivity contribution in [1.82, 2.24) is 10.2 Å². The maximum atomic E-state index is 12.9. The van der Waals surface area contributed by atoms with Crippen LogP contribution in [0.2, 0.25) is 0 Å². The Morgan fingerprint density at radius 2 is 1.68 bits per heavy atom. The molecule has 2 aromatic carbocycles. The Morgan fingerprint density at radius 1 is 1.03 bits per heavy atom. The zero-order valence-electron chi connectivity index (χ0n) is 19.0. The Morgan fingerprint density at radius 3 is 2.32 bits per heavy atom. The average molecular weight is 426 g/mol. The lowest BCUT2D eigenvalue weighted by Crippen LogP contribution is -2.39. The summed E-state index contributed by atoms with van der Waals surface area (Å²) < 4.78 is 0. The summed E-state index contributed by atoms with van der Waals surface area (Å²) in [6.45, 7) is 9.94. The van der Waals surface area contributed by atoms with Crippen LogP contribution in [0.3, 0.4) is 0 Å². The van der Waals surface area contributed by atoms with Gasteiger partial charge in [-0.05, 0) is 36.5 Å². The van der Waals surface area contributed by atoms with Crippen molar-refractivity contribution in [2.75, 3.05) is 31.6 Å². The van der Waals surface area contributed by atoms with Crippen LogP contribution >= 0.6 is 0 Å². The fourth-order valence-electron chi connectivity index (χ4n) is 3.46. The number of para-hydroxylation sites is 1. The predicted molar refractivity (Wildman–Crippen MR) is 125 cm³/mol. The molecule has 1 unspecified atom stereocenters. The van der Waals surface area contributed by atoms with E-state index in [1.807, 2.05) is 42.2 Å². The Kier molecular flexibility index (Phi) is 9.21. The summed E-state index contributed by atoms with van der Waals surface area (Å²) >= 11 is 0. The third-order valence-electron chi connectivity index (χ3n) is 4.79. The number of carbonyl (C=O) groups excluding carboxylic acids is 2. The second kappa shape index (κ2) is 11.6. The minimum absolute atomic E-state index is 0.0289. The molecule has 0 aliphatic rings. The van der Waals surface area contributed by atoms with Gasteiger partial charge in [0.2, 0.25) is 5.91 Å². The summed E-state index contributed by atoms with van der Waals surface area (Å²) in [5, 5.41) is 15.1. The maximum Gasteiger partial charge on any atom is 0.253 e. The van der Waals surface area contributed by atoms with Gasteiger partial charge in [-0.2, -0.15) is 0 Å². The molecule has 0 aliphatic heterocycles. The van der Waals surface area contributed by atoms with Gasteiger partial charge in [-0.1, -0.05) is 63.2 Å². The average Bonchev–Trinajstić information content (AvgIpc) is 2.71. The highest BCUT2D eigenvalue weighted by Crippen LogP contribution is 2.19. The number of hydrogen-bond donors (Lipinski definition) is 3. The van der Waals surface area contributed by atoms with E-state index in [1.54, 1.807) is 24.3 Å². The third-order valence-corrected chi connectivity index (χ3v) is 4.79. The monoisotopic (exact) mass is 425 g/mol. The first-order valence-corrected chi connectivity index (χ1v) is 10.8. The highest BCUT2D eigenvalue weighted by molar-refractivity contribution is 6.04. The van der Waals surface area contributed by atoms with E-state index in [0.29, 0.717) is 24.2 Å². The van der Waals surface area contributed by atoms with E-state index < -0.39 is 0 Å². The number of aliphatic hydroxyl groups is 1. The van der Waals surface area contributed by atoms with Gasteiger partial charge in [0.1, 0.15) is 0 Å². The number of benzene rings is 2.